The molecule has 1 aromatic carbocycles. The smallest absolute Gasteiger partial charge is 0.163 e. The monoisotopic (exact) mass is 303 g/mol. The van der Waals surface area contributed by atoms with Crippen LogP contribution in [-0.2, 0) is 16.0 Å². The van der Waals surface area contributed by atoms with Crippen molar-refractivity contribution in [3.05, 3.63) is 60.1 Å². The lowest BCUT2D eigenvalue weighted by Crippen LogP contribution is -2.36. The first-order valence-electron chi connectivity index (χ1n) is 7.40. The van der Waals surface area contributed by atoms with Crippen LogP contribution >= 0.6 is 0 Å². The molecular formula is C17H21NO4. The van der Waals surface area contributed by atoms with E-state index in [4.69, 9.17) is 13.9 Å². The van der Waals surface area contributed by atoms with Crippen LogP contribution in [0.15, 0.2) is 53.1 Å². The average Bonchev–Trinajstić information content (AvgIpc) is 3.11. The first-order chi connectivity index (χ1) is 10.6. The fourth-order valence-electron chi connectivity index (χ4n) is 2.72. The molecule has 0 saturated carbocycles. The molecule has 5 nitrogen and oxygen atoms in total. The van der Waals surface area contributed by atoms with Gasteiger partial charge in [0.15, 0.2) is 5.79 Å². The zero-order chi connectivity index (χ0) is 15.6. The standard InChI is InChI=1S/C17H21NO4/c1-17(2)21-12-15(22-17)16(14-9-6-10-20-14)18(19)11-13-7-4-3-5-8-13/h3-10,15-16,19H,11-12H2,1-2H3/t15-,16+/m0/s1. The lowest BCUT2D eigenvalue weighted by Gasteiger charge is -2.29. The molecule has 0 radical (unpaired) electrons. The van der Waals surface area contributed by atoms with Crippen molar-refractivity contribution in [3.8, 4) is 0 Å². The minimum atomic E-state index is -0.650. The molecule has 0 aliphatic carbocycles. The molecule has 118 valence electrons. The Morgan fingerprint density at radius 1 is 1.23 bits per heavy atom. The van der Waals surface area contributed by atoms with Crippen molar-refractivity contribution < 1.29 is 19.1 Å². The van der Waals surface area contributed by atoms with Crippen molar-refractivity contribution >= 4 is 0 Å². The second kappa shape index (κ2) is 6.22. The molecule has 1 aliphatic rings. The first-order valence-corrected chi connectivity index (χ1v) is 7.40. The van der Waals surface area contributed by atoms with Gasteiger partial charge in [0.05, 0.1) is 12.9 Å². The third-order valence-corrected chi connectivity index (χ3v) is 3.73. The predicted octanol–water partition coefficient (Wildman–Crippen LogP) is 3.36. The molecule has 0 unspecified atom stereocenters. The van der Waals surface area contributed by atoms with Crippen molar-refractivity contribution in [2.24, 2.45) is 0 Å². The maximum absolute atomic E-state index is 10.6. The summed E-state index contributed by atoms with van der Waals surface area (Å²) in [7, 11) is 0. The second-order valence-electron chi connectivity index (χ2n) is 5.91. The van der Waals surface area contributed by atoms with Gasteiger partial charge in [-0.2, -0.15) is 5.06 Å². The highest BCUT2D eigenvalue weighted by Gasteiger charge is 2.41. The number of hydroxylamine groups is 2. The number of hydrogen-bond acceptors (Lipinski definition) is 5. The molecular weight excluding hydrogens is 282 g/mol. The van der Waals surface area contributed by atoms with Gasteiger partial charge in [-0.1, -0.05) is 30.3 Å². The van der Waals surface area contributed by atoms with E-state index < -0.39 is 11.8 Å². The SMILES string of the molecule is CC1(C)OC[C@@H]([C@@H](c2ccco2)N(O)Cc2ccccc2)O1. The highest BCUT2D eigenvalue weighted by atomic mass is 16.7. The van der Waals surface area contributed by atoms with E-state index in [0.717, 1.165) is 5.56 Å². The van der Waals surface area contributed by atoms with E-state index in [0.29, 0.717) is 18.9 Å². The Hall–Kier alpha value is -1.66. The lowest BCUT2D eigenvalue weighted by atomic mass is 10.1. The third kappa shape index (κ3) is 3.39. The van der Waals surface area contributed by atoms with Crippen molar-refractivity contribution in [3.63, 3.8) is 0 Å². The zero-order valence-electron chi connectivity index (χ0n) is 12.8. The van der Waals surface area contributed by atoms with Crippen LogP contribution in [0, 0.1) is 0 Å². The zero-order valence-corrected chi connectivity index (χ0v) is 12.8. The van der Waals surface area contributed by atoms with Crippen LogP contribution < -0.4 is 0 Å². The molecule has 0 spiro atoms. The molecule has 2 atom stereocenters. The summed E-state index contributed by atoms with van der Waals surface area (Å²) < 4.78 is 17.0. The number of benzene rings is 1. The summed E-state index contributed by atoms with van der Waals surface area (Å²) in [4.78, 5) is 0. The van der Waals surface area contributed by atoms with E-state index in [1.807, 2.05) is 50.2 Å². The van der Waals surface area contributed by atoms with Crippen molar-refractivity contribution in [2.45, 2.75) is 38.3 Å². The molecule has 0 bridgehead atoms. The summed E-state index contributed by atoms with van der Waals surface area (Å²) in [6, 6.07) is 13.0. The van der Waals surface area contributed by atoms with Crippen molar-refractivity contribution in [2.75, 3.05) is 6.61 Å². The fraction of sp³-hybridized carbons (Fsp3) is 0.412. The Bertz CT molecular complexity index is 582. The Kier molecular flexibility index (Phi) is 4.31. The van der Waals surface area contributed by atoms with Gasteiger partial charge in [0.2, 0.25) is 0 Å². The fourth-order valence-corrected chi connectivity index (χ4v) is 2.72. The maximum atomic E-state index is 10.6. The Labute approximate surface area is 130 Å². The number of furan rings is 1. The van der Waals surface area contributed by atoms with E-state index in [2.05, 4.69) is 0 Å². The third-order valence-electron chi connectivity index (χ3n) is 3.73. The van der Waals surface area contributed by atoms with Crippen LogP contribution in [0.25, 0.3) is 0 Å². The molecule has 0 amide bonds. The van der Waals surface area contributed by atoms with Gasteiger partial charge < -0.3 is 19.1 Å². The average molecular weight is 303 g/mol. The Balaban J connectivity index is 1.80. The summed E-state index contributed by atoms with van der Waals surface area (Å²) in [5.41, 5.74) is 1.01. The number of hydrogen-bond donors (Lipinski definition) is 1. The summed E-state index contributed by atoms with van der Waals surface area (Å²) in [6.45, 7) is 4.52. The molecule has 2 heterocycles. The maximum Gasteiger partial charge on any atom is 0.163 e. The molecule has 1 saturated heterocycles. The quantitative estimate of drug-likeness (QED) is 0.858. The topological polar surface area (TPSA) is 55.1 Å². The molecule has 1 N–H and O–H groups in total. The summed E-state index contributed by atoms with van der Waals surface area (Å²) >= 11 is 0. The van der Waals surface area contributed by atoms with Gasteiger partial charge in [0.1, 0.15) is 17.9 Å². The van der Waals surface area contributed by atoms with E-state index >= 15 is 0 Å². The van der Waals surface area contributed by atoms with Crippen LogP contribution in [0.3, 0.4) is 0 Å². The van der Waals surface area contributed by atoms with Crippen molar-refractivity contribution in [1.29, 1.82) is 0 Å². The summed E-state index contributed by atoms with van der Waals surface area (Å²) in [5.74, 6) is 0.00745. The molecule has 22 heavy (non-hydrogen) atoms. The van der Waals surface area contributed by atoms with Gasteiger partial charge in [-0.3, -0.25) is 0 Å². The van der Waals surface area contributed by atoms with Gasteiger partial charge in [-0.05, 0) is 31.5 Å². The summed E-state index contributed by atoms with van der Waals surface area (Å²) in [5, 5.41) is 11.9. The molecule has 1 aliphatic heterocycles. The van der Waals surface area contributed by atoms with E-state index in [1.54, 1.807) is 12.3 Å². The summed E-state index contributed by atoms with van der Waals surface area (Å²) in [6.07, 6.45) is 1.30. The van der Waals surface area contributed by atoms with Crippen LogP contribution in [0.1, 0.15) is 31.2 Å². The van der Waals surface area contributed by atoms with E-state index in [9.17, 15) is 5.21 Å². The molecule has 2 aromatic rings. The van der Waals surface area contributed by atoms with Crippen LogP contribution in [-0.4, -0.2) is 28.8 Å². The minimum Gasteiger partial charge on any atom is -0.467 e. The largest absolute Gasteiger partial charge is 0.467 e. The van der Waals surface area contributed by atoms with Crippen LogP contribution in [0.4, 0.5) is 0 Å². The van der Waals surface area contributed by atoms with Gasteiger partial charge >= 0.3 is 0 Å². The first kappa shape index (κ1) is 15.2. The Morgan fingerprint density at radius 3 is 2.59 bits per heavy atom. The van der Waals surface area contributed by atoms with E-state index in [1.165, 1.54) is 5.06 Å². The molecule has 3 rings (SSSR count). The van der Waals surface area contributed by atoms with Gasteiger partial charge in [0, 0.05) is 6.54 Å². The van der Waals surface area contributed by atoms with Gasteiger partial charge in [-0.25, -0.2) is 0 Å². The van der Waals surface area contributed by atoms with Gasteiger partial charge in [-0.15, -0.1) is 0 Å². The normalized spacial score (nSPS) is 22.1. The number of ether oxygens (including phenoxy) is 2. The molecule has 1 fully saturated rings. The second-order valence-corrected chi connectivity index (χ2v) is 5.91. The van der Waals surface area contributed by atoms with Gasteiger partial charge in [0.25, 0.3) is 0 Å². The molecule has 1 aromatic heterocycles. The van der Waals surface area contributed by atoms with Crippen LogP contribution in [0.5, 0.6) is 0 Å². The highest BCUT2D eigenvalue weighted by molar-refractivity contribution is 5.15. The predicted molar refractivity (Wildman–Crippen MR) is 80.1 cm³/mol. The Morgan fingerprint density at radius 2 is 2.00 bits per heavy atom. The van der Waals surface area contributed by atoms with E-state index in [-0.39, 0.29) is 6.10 Å². The number of nitrogens with zero attached hydrogens (tertiary/aromatic N) is 1. The van der Waals surface area contributed by atoms with Crippen LogP contribution in [0.2, 0.25) is 0 Å². The number of rotatable bonds is 5. The van der Waals surface area contributed by atoms with Crippen molar-refractivity contribution in [1.82, 2.24) is 5.06 Å². The molecule has 5 heteroatoms. The highest BCUT2D eigenvalue weighted by Crippen LogP contribution is 2.34. The lowest BCUT2D eigenvalue weighted by molar-refractivity contribution is -0.194. The minimum absolute atomic E-state index is 0.296.